The summed E-state index contributed by atoms with van der Waals surface area (Å²) in [5.74, 6) is -1.29. The van der Waals surface area contributed by atoms with Crippen molar-refractivity contribution >= 4 is 22.6 Å². The zero-order chi connectivity index (χ0) is 16.9. The summed E-state index contributed by atoms with van der Waals surface area (Å²) in [7, 11) is 0. The van der Waals surface area contributed by atoms with Crippen LogP contribution < -0.4 is 5.32 Å². The fourth-order valence-corrected chi connectivity index (χ4v) is 2.68. The number of nitrogens with one attached hydrogen (secondary N) is 1. The first-order valence-corrected chi connectivity index (χ1v) is 7.90. The number of carbonyl (C=O) groups is 2. The molecule has 126 valence electrons. The van der Waals surface area contributed by atoms with Crippen molar-refractivity contribution in [3.63, 3.8) is 0 Å². The molecular formula is C18H19NO5. The third-order valence-corrected chi connectivity index (χ3v) is 3.97. The van der Waals surface area contributed by atoms with Gasteiger partial charge >= 0.3 is 5.97 Å². The maximum Gasteiger partial charge on any atom is 0.342 e. The van der Waals surface area contributed by atoms with Gasteiger partial charge in [-0.05, 0) is 35.7 Å². The lowest BCUT2D eigenvalue weighted by Gasteiger charge is -2.11. The number of rotatable bonds is 5. The second-order valence-corrected chi connectivity index (χ2v) is 5.73. The Morgan fingerprint density at radius 1 is 1.25 bits per heavy atom. The number of benzene rings is 2. The summed E-state index contributed by atoms with van der Waals surface area (Å²) < 4.78 is 10.4. The van der Waals surface area contributed by atoms with E-state index in [1.807, 2.05) is 24.3 Å². The second kappa shape index (κ2) is 7.31. The number of phenolic OH excluding ortho intramolecular Hbond substituents is 1. The van der Waals surface area contributed by atoms with Crippen molar-refractivity contribution in [2.24, 2.45) is 0 Å². The van der Waals surface area contributed by atoms with Gasteiger partial charge in [-0.25, -0.2) is 4.79 Å². The van der Waals surface area contributed by atoms with Crippen molar-refractivity contribution in [1.82, 2.24) is 5.32 Å². The maximum absolute atomic E-state index is 12.1. The molecule has 1 unspecified atom stereocenters. The molecule has 24 heavy (non-hydrogen) atoms. The highest BCUT2D eigenvalue weighted by Gasteiger charge is 2.18. The zero-order valence-electron chi connectivity index (χ0n) is 13.2. The molecule has 0 bridgehead atoms. The van der Waals surface area contributed by atoms with Crippen LogP contribution in [-0.4, -0.2) is 42.8 Å². The van der Waals surface area contributed by atoms with E-state index in [2.05, 4.69) is 5.32 Å². The molecule has 0 radical (unpaired) electrons. The van der Waals surface area contributed by atoms with Gasteiger partial charge in [-0.1, -0.05) is 24.3 Å². The predicted octanol–water partition coefficient (Wildman–Crippen LogP) is 2.00. The number of hydrogen-bond donors (Lipinski definition) is 2. The van der Waals surface area contributed by atoms with E-state index in [1.165, 1.54) is 6.07 Å². The van der Waals surface area contributed by atoms with Gasteiger partial charge in [0.05, 0.1) is 6.10 Å². The van der Waals surface area contributed by atoms with Crippen LogP contribution in [-0.2, 0) is 14.3 Å². The number of ether oxygens (including phenoxy) is 2. The number of fused-ring (bicyclic) bond motifs is 1. The van der Waals surface area contributed by atoms with Crippen LogP contribution in [0.4, 0.5) is 0 Å². The highest BCUT2D eigenvalue weighted by atomic mass is 16.5. The van der Waals surface area contributed by atoms with Gasteiger partial charge in [0.2, 0.25) is 0 Å². The Balaban J connectivity index is 1.56. The lowest BCUT2D eigenvalue weighted by atomic mass is 10.1. The molecule has 1 aliphatic rings. The van der Waals surface area contributed by atoms with Gasteiger partial charge in [-0.2, -0.15) is 0 Å². The topological polar surface area (TPSA) is 84.9 Å². The smallest absolute Gasteiger partial charge is 0.342 e. The van der Waals surface area contributed by atoms with Gasteiger partial charge < -0.3 is 19.9 Å². The van der Waals surface area contributed by atoms with Gasteiger partial charge in [0.25, 0.3) is 5.91 Å². The Bertz CT molecular complexity index is 752. The number of carbonyl (C=O) groups excluding carboxylic acids is 2. The van der Waals surface area contributed by atoms with Crippen molar-refractivity contribution < 1.29 is 24.2 Å². The second-order valence-electron chi connectivity index (χ2n) is 5.73. The molecule has 1 fully saturated rings. The van der Waals surface area contributed by atoms with Gasteiger partial charge in [0.15, 0.2) is 6.61 Å². The first-order valence-electron chi connectivity index (χ1n) is 7.90. The standard InChI is InChI=1S/C18H19NO5/c20-16-9-13-5-2-1-4-12(13)8-15(16)18(22)24-11-17(21)19-10-14-6-3-7-23-14/h1-2,4-5,8-9,14,20H,3,6-7,10-11H2,(H,19,21). The third-order valence-electron chi connectivity index (χ3n) is 3.97. The van der Waals surface area contributed by atoms with Gasteiger partial charge in [-0.15, -0.1) is 0 Å². The fourth-order valence-electron chi connectivity index (χ4n) is 2.68. The molecule has 0 aromatic heterocycles. The summed E-state index contributed by atoms with van der Waals surface area (Å²) in [6.07, 6.45) is 1.95. The van der Waals surface area contributed by atoms with E-state index in [9.17, 15) is 14.7 Å². The molecule has 1 atom stereocenters. The average Bonchev–Trinajstić information content (AvgIpc) is 3.10. The van der Waals surface area contributed by atoms with Crippen LogP contribution in [0.3, 0.4) is 0 Å². The van der Waals surface area contributed by atoms with E-state index < -0.39 is 12.6 Å². The van der Waals surface area contributed by atoms with Crippen LogP contribution >= 0.6 is 0 Å². The molecule has 2 N–H and O–H groups in total. The highest BCUT2D eigenvalue weighted by molar-refractivity contribution is 5.99. The van der Waals surface area contributed by atoms with E-state index >= 15 is 0 Å². The molecule has 1 amide bonds. The van der Waals surface area contributed by atoms with Crippen molar-refractivity contribution in [2.75, 3.05) is 19.8 Å². The van der Waals surface area contributed by atoms with Crippen LogP contribution in [0.5, 0.6) is 5.75 Å². The summed E-state index contributed by atoms with van der Waals surface area (Å²) in [6.45, 7) is 0.742. The largest absolute Gasteiger partial charge is 0.507 e. The van der Waals surface area contributed by atoms with E-state index in [0.717, 1.165) is 30.2 Å². The first-order chi connectivity index (χ1) is 11.6. The van der Waals surface area contributed by atoms with Gasteiger partial charge in [0, 0.05) is 13.2 Å². The summed E-state index contributed by atoms with van der Waals surface area (Å²) in [4.78, 5) is 23.8. The SMILES string of the molecule is O=C(COC(=O)c1cc2ccccc2cc1O)NCC1CCCO1. The van der Waals surface area contributed by atoms with E-state index in [4.69, 9.17) is 9.47 Å². The Labute approximate surface area is 139 Å². The van der Waals surface area contributed by atoms with Crippen LogP contribution in [0.15, 0.2) is 36.4 Å². The Morgan fingerprint density at radius 3 is 2.71 bits per heavy atom. The molecule has 0 saturated carbocycles. The van der Waals surface area contributed by atoms with E-state index in [0.29, 0.717) is 6.54 Å². The number of amides is 1. The molecule has 6 nitrogen and oxygen atoms in total. The molecule has 1 saturated heterocycles. The molecule has 0 aliphatic carbocycles. The summed E-state index contributed by atoms with van der Waals surface area (Å²) in [5.41, 5.74) is 0.0422. The minimum Gasteiger partial charge on any atom is -0.507 e. The molecule has 6 heteroatoms. The summed E-state index contributed by atoms with van der Waals surface area (Å²) in [6, 6.07) is 10.4. The number of aromatic hydroxyl groups is 1. The van der Waals surface area contributed by atoms with Crippen molar-refractivity contribution in [1.29, 1.82) is 0 Å². The summed E-state index contributed by atoms with van der Waals surface area (Å²) >= 11 is 0. The zero-order valence-corrected chi connectivity index (χ0v) is 13.2. The molecule has 1 heterocycles. The lowest BCUT2D eigenvalue weighted by molar-refractivity contribution is -0.124. The fraction of sp³-hybridized carbons (Fsp3) is 0.333. The number of phenols is 1. The molecule has 2 aromatic rings. The van der Waals surface area contributed by atoms with Crippen molar-refractivity contribution in [3.8, 4) is 5.75 Å². The third kappa shape index (κ3) is 3.83. The van der Waals surface area contributed by atoms with Crippen LogP contribution in [0.2, 0.25) is 0 Å². The van der Waals surface area contributed by atoms with E-state index in [-0.39, 0.29) is 23.3 Å². The normalized spacial score (nSPS) is 16.9. The number of esters is 1. The average molecular weight is 329 g/mol. The van der Waals surface area contributed by atoms with Crippen LogP contribution in [0.25, 0.3) is 10.8 Å². The lowest BCUT2D eigenvalue weighted by Crippen LogP contribution is -2.34. The first kappa shape index (κ1) is 16.3. The van der Waals surface area contributed by atoms with Crippen LogP contribution in [0, 0.1) is 0 Å². The minimum absolute atomic E-state index is 0.0363. The Hall–Kier alpha value is -2.60. The van der Waals surface area contributed by atoms with Gasteiger partial charge in [0.1, 0.15) is 11.3 Å². The molecular weight excluding hydrogens is 310 g/mol. The van der Waals surface area contributed by atoms with E-state index in [1.54, 1.807) is 6.07 Å². The highest BCUT2D eigenvalue weighted by Crippen LogP contribution is 2.25. The van der Waals surface area contributed by atoms with Gasteiger partial charge in [-0.3, -0.25) is 4.79 Å². The summed E-state index contributed by atoms with van der Waals surface area (Å²) in [5, 5.41) is 14.3. The van der Waals surface area contributed by atoms with Crippen molar-refractivity contribution in [2.45, 2.75) is 18.9 Å². The van der Waals surface area contributed by atoms with Crippen LogP contribution in [0.1, 0.15) is 23.2 Å². The number of hydrogen-bond acceptors (Lipinski definition) is 5. The molecule has 0 spiro atoms. The quantitative estimate of drug-likeness (QED) is 0.820. The minimum atomic E-state index is -0.731. The molecule has 3 rings (SSSR count). The molecule has 2 aromatic carbocycles. The predicted molar refractivity (Wildman–Crippen MR) is 87.9 cm³/mol. The Kier molecular flexibility index (Phi) is 4.96. The Morgan fingerprint density at radius 2 is 2.00 bits per heavy atom. The monoisotopic (exact) mass is 329 g/mol. The maximum atomic E-state index is 12.1. The molecule has 1 aliphatic heterocycles. The van der Waals surface area contributed by atoms with Crippen molar-refractivity contribution in [3.05, 3.63) is 42.0 Å².